The maximum Gasteiger partial charge on any atom is 0.128 e. The van der Waals surface area contributed by atoms with Crippen molar-refractivity contribution in [1.29, 1.82) is 0 Å². The average Bonchev–Trinajstić information content (AvgIpc) is 2.56. The van der Waals surface area contributed by atoms with Crippen LogP contribution in [-0.2, 0) is 6.42 Å². The smallest absolute Gasteiger partial charge is 0.128 e. The molecule has 4 heteroatoms. The summed E-state index contributed by atoms with van der Waals surface area (Å²) in [5.41, 5.74) is 3.23. The number of nitrogens with zero attached hydrogens (tertiary/aromatic N) is 1. The molecule has 80 valence electrons. The zero-order valence-corrected chi connectivity index (χ0v) is 10.3. The van der Waals surface area contributed by atoms with Crippen LogP contribution in [0.25, 0.3) is 0 Å². The molecule has 1 unspecified atom stereocenters. The fraction of sp³-hybridized carbons (Fsp3) is 0.364. The second-order valence-electron chi connectivity index (χ2n) is 3.72. The first-order valence-electron chi connectivity index (χ1n) is 4.82. The SMILES string of the molecule is COc1ccc(Br)c2c1/C(=N/N)C(C)C2. The number of nitrogens with two attached hydrogens (primary N) is 1. The molecule has 1 aromatic rings. The number of ether oxygens (including phenoxy) is 1. The maximum absolute atomic E-state index is 5.43. The standard InChI is InChI=1S/C11H13BrN2O/c1-6-5-7-8(12)3-4-9(15-2)10(7)11(6)14-13/h3-4,6H,5,13H2,1-2H3/b14-11+. The normalized spacial score (nSPS) is 21.8. The van der Waals surface area contributed by atoms with E-state index in [0.717, 1.165) is 27.9 Å². The molecule has 0 bridgehead atoms. The van der Waals surface area contributed by atoms with Crippen LogP contribution >= 0.6 is 15.9 Å². The van der Waals surface area contributed by atoms with E-state index in [1.807, 2.05) is 12.1 Å². The lowest BCUT2D eigenvalue weighted by molar-refractivity contribution is 0.413. The second kappa shape index (κ2) is 3.85. The molecule has 1 aliphatic carbocycles. The summed E-state index contributed by atoms with van der Waals surface area (Å²) < 4.78 is 6.44. The van der Waals surface area contributed by atoms with E-state index in [0.29, 0.717) is 5.92 Å². The zero-order chi connectivity index (χ0) is 11.0. The lowest BCUT2D eigenvalue weighted by atomic mass is 10.1. The van der Waals surface area contributed by atoms with E-state index in [1.54, 1.807) is 7.11 Å². The highest BCUT2D eigenvalue weighted by molar-refractivity contribution is 9.10. The van der Waals surface area contributed by atoms with E-state index in [2.05, 4.69) is 28.0 Å². The molecular weight excluding hydrogens is 256 g/mol. The van der Waals surface area contributed by atoms with Gasteiger partial charge in [-0.15, -0.1) is 0 Å². The third kappa shape index (κ3) is 1.53. The summed E-state index contributed by atoms with van der Waals surface area (Å²) in [5.74, 6) is 6.64. The quantitative estimate of drug-likeness (QED) is 0.628. The molecule has 2 N–H and O–H groups in total. The Morgan fingerprint density at radius 2 is 2.27 bits per heavy atom. The molecule has 1 aliphatic rings. The van der Waals surface area contributed by atoms with E-state index in [4.69, 9.17) is 10.6 Å². The van der Waals surface area contributed by atoms with Crippen LogP contribution in [0.15, 0.2) is 21.7 Å². The Bertz CT molecular complexity index is 429. The van der Waals surface area contributed by atoms with Crippen LogP contribution in [0.2, 0.25) is 0 Å². The summed E-state index contributed by atoms with van der Waals surface area (Å²) in [6, 6.07) is 3.94. The number of hydrazone groups is 1. The molecule has 1 aromatic carbocycles. The van der Waals surface area contributed by atoms with Gasteiger partial charge in [0, 0.05) is 16.0 Å². The van der Waals surface area contributed by atoms with Crippen molar-refractivity contribution in [2.75, 3.05) is 7.11 Å². The molecule has 0 saturated carbocycles. The molecule has 0 aromatic heterocycles. The molecule has 0 fully saturated rings. The number of rotatable bonds is 1. The van der Waals surface area contributed by atoms with Crippen molar-refractivity contribution in [1.82, 2.24) is 0 Å². The zero-order valence-electron chi connectivity index (χ0n) is 8.75. The Hall–Kier alpha value is -1.03. The Morgan fingerprint density at radius 3 is 2.87 bits per heavy atom. The molecule has 15 heavy (non-hydrogen) atoms. The lowest BCUT2D eigenvalue weighted by Crippen LogP contribution is -2.09. The summed E-state index contributed by atoms with van der Waals surface area (Å²) in [7, 11) is 1.67. The van der Waals surface area contributed by atoms with Crippen molar-refractivity contribution >= 4 is 21.6 Å². The van der Waals surface area contributed by atoms with Crippen molar-refractivity contribution in [3.8, 4) is 5.75 Å². The van der Waals surface area contributed by atoms with E-state index in [1.165, 1.54) is 5.56 Å². The van der Waals surface area contributed by atoms with Crippen molar-refractivity contribution in [3.05, 3.63) is 27.7 Å². The second-order valence-corrected chi connectivity index (χ2v) is 4.58. The molecular formula is C11H13BrN2O. The number of fused-ring (bicyclic) bond motifs is 1. The minimum atomic E-state index is 0.359. The molecule has 0 amide bonds. The fourth-order valence-electron chi connectivity index (χ4n) is 2.09. The Labute approximate surface area is 97.4 Å². The first kappa shape index (κ1) is 10.5. The van der Waals surface area contributed by atoms with Crippen molar-refractivity contribution in [2.45, 2.75) is 13.3 Å². The Balaban J connectivity index is 2.67. The van der Waals surface area contributed by atoms with E-state index >= 15 is 0 Å². The summed E-state index contributed by atoms with van der Waals surface area (Å²) >= 11 is 3.54. The van der Waals surface area contributed by atoms with Gasteiger partial charge < -0.3 is 10.6 Å². The van der Waals surface area contributed by atoms with Crippen LogP contribution < -0.4 is 10.6 Å². The van der Waals surface area contributed by atoms with Crippen molar-refractivity contribution < 1.29 is 4.74 Å². The van der Waals surface area contributed by atoms with Gasteiger partial charge in [0.1, 0.15) is 5.75 Å². The minimum absolute atomic E-state index is 0.359. The maximum atomic E-state index is 5.43. The number of hydrogen-bond acceptors (Lipinski definition) is 3. The largest absolute Gasteiger partial charge is 0.496 e. The molecule has 3 nitrogen and oxygen atoms in total. The van der Waals surface area contributed by atoms with Crippen LogP contribution in [0.3, 0.4) is 0 Å². The van der Waals surface area contributed by atoms with Crippen molar-refractivity contribution in [2.24, 2.45) is 16.9 Å². The van der Waals surface area contributed by atoms with Crippen molar-refractivity contribution in [3.63, 3.8) is 0 Å². The Kier molecular flexibility index (Phi) is 2.69. The van der Waals surface area contributed by atoms with Crippen LogP contribution in [0, 0.1) is 5.92 Å². The Morgan fingerprint density at radius 1 is 1.53 bits per heavy atom. The van der Waals surface area contributed by atoms with Gasteiger partial charge in [-0.3, -0.25) is 0 Å². The number of benzene rings is 1. The highest BCUT2D eigenvalue weighted by Crippen LogP contribution is 2.38. The number of hydrogen-bond donors (Lipinski definition) is 1. The monoisotopic (exact) mass is 268 g/mol. The molecule has 0 spiro atoms. The molecule has 0 radical (unpaired) electrons. The minimum Gasteiger partial charge on any atom is -0.496 e. The van der Waals surface area contributed by atoms with Gasteiger partial charge in [-0.25, -0.2) is 0 Å². The number of methoxy groups -OCH3 is 1. The van der Waals surface area contributed by atoms with Gasteiger partial charge in [-0.05, 0) is 24.1 Å². The molecule has 0 heterocycles. The van der Waals surface area contributed by atoms with Crippen LogP contribution in [-0.4, -0.2) is 12.8 Å². The van der Waals surface area contributed by atoms with E-state index in [9.17, 15) is 0 Å². The third-order valence-corrected chi connectivity index (χ3v) is 3.55. The summed E-state index contributed by atoms with van der Waals surface area (Å²) in [6.45, 7) is 2.12. The van der Waals surface area contributed by atoms with Gasteiger partial charge in [0.2, 0.25) is 0 Å². The number of halogens is 1. The van der Waals surface area contributed by atoms with Gasteiger partial charge >= 0.3 is 0 Å². The average molecular weight is 269 g/mol. The third-order valence-electron chi connectivity index (χ3n) is 2.81. The van der Waals surface area contributed by atoms with E-state index < -0.39 is 0 Å². The van der Waals surface area contributed by atoms with Crippen LogP contribution in [0.5, 0.6) is 5.75 Å². The predicted octanol–water partition coefficient (Wildman–Crippen LogP) is 2.31. The van der Waals surface area contributed by atoms with E-state index in [-0.39, 0.29) is 0 Å². The molecule has 0 aliphatic heterocycles. The molecule has 0 saturated heterocycles. The van der Waals surface area contributed by atoms with Gasteiger partial charge in [-0.1, -0.05) is 22.9 Å². The molecule has 1 atom stereocenters. The summed E-state index contributed by atoms with van der Waals surface area (Å²) in [6.07, 6.45) is 0.961. The summed E-state index contributed by atoms with van der Waals surface area (Å²) in [5, 5.41) is 3.88. The van der Waals surface area contributed by atoms with Crippen LogP contribution in [0.4, 0.5) is 0 Å². The fourth-order valence-corrected chi connectivity index (χ4v) is 2.58. The predicted molar refractivity (Wildman–Crippen MR) is 64.3 cm³/mol. The van der Waals surface area contributed by atoms with Gasteiger partial charge in [-0.2, -0.15) is 5.10 Å². The highest BCUT2D eigenvalue weighted by Gasteiger charge is 2.29. The topological polar surface area (TPSA) is 47.6 Å². The molecule has 2 rings (SSSR count). The first-order chi connectivity index (χ1) is 7.19. The van der Waals surface area contributed by atoms with Gasteiger partial charge in [0.15, 0.2) is 0 Å². The highest BCUT2D eigenvalue weighted by atomic mass is 79.9. The lowest BCUT2D eigenvalue weighted by Gasteiger charge is -2.09. The van der Waals surface area contributed by atoms with Gasteiger partial charge in [0.05, 0.1) is 12.8 Å². The first-order valence-corrected chi connectivity index (χ1v) is 5.61. The summed E-state index contributed by atoms with van der Waals surface area (Å²) in [4.78, 5) is 0. The van der Waals surface area contributed by atoms with Crippen LogP contribution in [0.1, 0.15) is 18.1 Å². The van der Waals surface area contributed by atoms with Gasteiger partial charge in [0.25, 0.3) is 0 Å².